The molecule has 0 atom stereocenters. The van der Waals surface area contributed by atoms with Crippen molar-refractivity contribution in [3.8, 4) is 0 Å². The molecule has 0 fully saturated rings. The van der Waals surface area contributed by atoms with Crippen LogP contribution >= 0.6 is 27.3 Å². The van der Waals surface area contributed by atoms with Gasteiger partial charge in [-0.25, -0.2) is 8.78 Å². The number of thiophene rings is 1. The zero-order valence-corrected chi connectivity index (χ0v) is 11.0. The molecule has 0 saturated heterocycles. The van der Waals surface area contributed by atoms with E-state index in [1.54, 1.807) is 6.07 Å². The van der Waals surface area contributed by atoms with Crippen molar-refractivity contribution in [1.29, 1.82) is 0 Å². The molecule has 0 bridgehead atoms. The maximum atomic E-state index is 13.4. The van der Waals surface area contributed by atoms with Crippen LogP contribution in [0.1, 0.15) is 4.88 Å². The summed E-state index contributed by atoms with van der Waals surface area (Å²) in [5, 5.41) is 4.75. The van der Waals surface area contributed by atoms with Crippen LogP contribution in [0, 0.1) is 11.6 Å². The van der Waals surface area contributed by atoms with E-state index in [4.69, 9.17) is 5.73 Å². The first-order valence-electron chi connectivity index (χ1n) is 4.78. The van der Waals surface area contributed by atoms with Gasteiger partial charge < -0.3 is 11.1 Å². The van der Waals surface area contributed by atoms with Crippen molar-refractivity contribution >= 4 is 38.6 Å². The van der Waals surface area contributed by atoms with Crippen LogP contribution in [0.5, 0.6) is 0 Å². The highest BCUT2D eigenvalue weighted by atomic mass is 79.9. The number of nitrogen functional groups attached to an aromatic ring is 1. The first-order chi connectivity index (χ1) is 8.08. The molecule has 1 aromatic carbocycles. The van der Waals surface area contributed by atoms with Crippen LogP contribution in [-0.2, 0) is 6.54 Å². The molecule has 0 aliphatic heterocycles. The Morgan fingerprint density at radius 3 is 2.71 bits per heavy atom. The number of halogens is 3. The van der Waals surface area contributed by atoms with Crippen LogP contribution in [0.2, 0.25) is 0 Å². The minimum atomic E-state index is -0.624. The summed E-state index contributed by atoms with van der Waals surface area (Å²) in [6.07, 6.45) is 0. The topological polar surface area (TPSA) is 38.0 Å². The smallest absolute Gasteiger partial charge is 0.149 e. The summed E-state index contributed by atoms with van der Waals surface area (Å²) < 4.78 is 26.6. The van der Waals surface area contributed by atoms with Gasteiger partial charge in [-0.1, -0.05) is 0 Å². The van der Waals surface area contributed by atoms with E-state index in [9.17, 15) is 8.78 Å². The monoisotopic (exact) mass is 318 g/mol. The van der Waals surface area contributed by atoms with Gasteiger partial charge in [0.1, 0.15) is 11.6 Å². The molecule has 17 heavy (non-hydrogen) atoms. The molecule has 0 spiro atoms. The lowest BCUT2D eigenvalue weighted by molar-refractivity contribution is 0.580. The molecule has 3 N–H and O–H groups in total. The van der Waals surface area contributed by atoms with E-state index in [2.05, 4.69) is 21.2 Å². The molecule has 0 radical (unpaired) electrons. The van der Waals surface area contributed by atoms with Crippen molar-refractivity contribution in [2.24, 2.45) is 0 Å². The summed E-state index contributed by atoms with van der Waals surface area (Å²) in [4.78, 5) is 0.921. The van der Waals surface area contributed by atoms with Crippen molar-refractivity contribution in [2.75, 3.05) is 11.1 Å². The van der Waals surface area contributed by atoms with Crippen LogP contribution in [0.3, 0.4) is 0 Å². The lowest BCUT2D eigenvalue weighted by Crippen LogP contribution is -2.02. The van der Waals surface area contributed by atoms with Gasteiger partial charge in [-0.3, -0.25) is 0 Å². The van der Waals surface area contributed by atoms with Crippen molar-refractivity contribution in [2.45, 2.75) is 6.54 Å². The maximum Gasteiger partial charge on any atom is 0.149 e. The van der Waals surface area contributed by atoms with Crippen molar-refractivity contribution in [3.05, 3.63) is 44.6 Å². The Morgan fingerprint density at radius 2 is 2.06 bits per heavy atom. The van der Waals surface area contributed by atoms with E-state index in [0.29, 0.717) is 12.2 Å². The molecule has 2 aromatic rings. The summed E-state index contributed by atoms with van der Waals surface area (Å²) in [7, 11) is 0. The van der Waals surface area contributed by atoms with E-state index in [0.717, 1.165) is 10.9 Å². The maximum absolute atomic E-state index is 13.4. The molecule has 6 heteroatoms. The van der Waals surface area contributed by atoms with Gasteiger partial charge in [0, 0.05) is 16.6 Å². The molecular weight excluding hydrogens is 310 g/mol. The van der Waals surface area contributed by atoms with Crippen LogP contribution in [0.15, 0.2) is 28.1 Å². The lowest BCUT2D eigenvalue weighted by atomic mass is 10.3. The van der Waals surface area contributed by atoms with Gasteiger partial charge in [0.15, 0.2) is 0 Å². The molecule has 2 nitrogen and oxygen atoms in total. The van der Waals surface area contributed by atoms with Gasteiger partial charge in [-0.15, -0.1) is 11.3 Å². The zero-order valence-electron chi connectivity index (χ0n) is 8.64. The molecule has 0 amide bonds. The number of nitrogens with two attached hydrogens (primary N) is 1. The van der Waals surface area contributed by atoms with E-state index < -0.39 is 11.6 Å². The number of benzene rings is 1. The summed E-state index contributed by atoms with van der Waals surface area (Å²) in [6.45, 7) is 0.415. The van der Waals surface area contributed by atoms with Crippen LogP contribution in [0.4, 0.5) is 20.2 Å². The Kier molecular flexibility index (Phi) is 3.63. The summed E-state index contributed by atoms with van der Waals surface area (Å²) >= 11 is 4.50. The fourth-order valence-corrected chi connectivity index (χ4v) is 2.41. The first-order valence-corrected chi connectivity index (χ1v) is 6.45. The SMILES string of the molecule is Nc1ccsc1CNc1cc(Br)c(F)cc1F. The van der Waals surface area contributed by atoms with Gasteiger partial charge >= 0.3 is 0 Å². The Hall–Kier alpha value is -1.14. The quantitative estimate of drug-likeness (QED) is 0.840. The second-order valence-electron chi connectivity index (χ2n) is 3.40. The van der Waals surface area contributed by atoms with Gasteiger partial charge in [-0.05, 0) is 33.4 Å². The highest BCUT2D eigenvalue weighted by Crippen LogP contribution is 2.25. The van der Waals surface area contributed by atoms with Crippen LogP contribution in [-0.4, -0.2) is 0 Å². The Bertz CT molecular complexity index is 542. The predicted octanol–water partition coefficient (Wildman–Crippen LogP) is 3.98. The Labute approximate surface area is 110 Å². The van der Waals surface area contributed by atoms with Gasteiger partial charge in [0.25, 0.3) is 0 Å². The fourth-order valence-electron chi connectivity index (χ4n) is 1.33. The van der Waals surface area contributed by atoms with Crippen molar-refractivity contribution in [1.82, 2.24) is 0 Å². The van der Waals surface area contributed by atoms with Crippen LogP contribution in [0.25, 0.3) is 0 Å². The Balaban J connectivity index is 2.14. The fraction of sp³-hybridized carbons (Fsp3) is 0.0909. The number of hydrogen-bond acceptors (Lipinski definition) is 3. The third kappa shape index (κ3) is 2.76. The number of nitrogens with one attached hydrogen (secondary N) is 1. The second-order valence-corrected chi connectivity index (χ2v) is 5.25. The number of rotatable bonds is 3. The first kappa shape index (κ1) is 12.3. The van der Waals surface area contributed by atoms with Crippen molar-refractivity contribution < 1.29 is 8.78 Å². The number of anilines is 2. The molecule has 1 aromatic heterocycles. The molecular formula is C11H9BrF2N2S. The van der Waals surface area contributed by atoms with Crippen molar-refractivity contribution in [3.63, 3.8) is 0 Å². The summed E-state index contributed by atoms with van der Waals surface area (Å²) in [5.41, 5.74) is 6.62. The van der Waals surface area contributed by atoms with E-state index in [-0.39, 0.29) is 10.2 Å². The lowest BCUT2D eigenvalue weighted by Gasteiger charge is -2.08. The molecule has 2 rings (SSSR count). The highest BCUT2D eigenvalue weighted by Gasteiger charge is 2.08. The minimum Gasteiger partial charge on any atom is -0.398 e. The van der Waals surface area contributed by atoms with E-state index in [1.165, 1.54) is 17.4 Å². The second kappa shape index (κ2) is 5.01. The van der Waals surface area contributed by atoms with Gasteiger partial charge in [0.05, 0.1) is 16.7 Å². The number of hydrogen-bond donors (Lipinski definition) is 2. The van der Waals surface area contributed by atoms with E-state index >= 15 is 0 Å². The molecule has 1 heterocycles. The zero-order chi connectivity index (χ0) is 12.4. The summed E-state index contributed by atoms with van der Waals surface area (Å²) in [5.74, 6) is -1.25. The largest absolute Gasteiger partial charge is 0.398 e. The molecule has 0 aliphatic rings. The molecule has 0 aliphatic carbocycles. The van der Waals surface area contributed by atoms with Gasteiger partial charge in [0.2, 0.25) is 0 Å². The standard InChI is InChI=1S/C11H9BrF2N2S/c12-6-3-10(8(14)4-7(6)13)16-5-11-9(15)1-2-17-11/h1-4,16H,5,15H2. The Morgan fingerprint density at radius 1 is 1.29 bits per heavy atom. The molecule has 90 valence electrons. The average Bonchev–Trinajstić information content (AvgIpc) is 2.68. The van der Waals surface area contributed by atoms with E-state index in [1.807, 2.05) is 5.38 Å². The molecule has 0 unspecified atom stereocenters. The predicted molar refractivity (Wildman–Crippen MR) is 70.1 cm³/mol. The minimum absolute atomic E-state index is 0.223. The normalized spacial score (nSPS) is 10.5. The third-order valence-corrected chi connectivity index (χ3v) is 3.77. The van der Waals surface area contributed by atoms with Crippen LogP contribution < -0.4 is 11.1 Å². The average molecular weight is 319 g/mol. The highest BCUT2D eigenvalue weighted by molar-refractivity contribution is 9.10. The van der Waals surface area contributed by atoms with Gasteiger partial charge in [-0.2, -0.15) is 0 Å². The molecule has 0 saturated carbocycles. The third-order valence-electron chi connectivity index (χ3n) is 2.23. The summed E-state index contributed by atoms with van der Waals surface area (Å²) in [6, 6.07) is 4.00.